The molecule has 2 rings (SSSR count). The van der Waals surface area contributed by atoms with Gasteiger partial charge in [-0.3, -0.25) is 14.6 Å². The Kier molecular flexibility index (Phi) is 4.65. The quantitative estimate of drug-likeness (QED) is 0.861. The van der Waals surface area contributed by atoms with Crippen molar-refractivity contribution in [3.8, 4) is 0 Å². The first kappa shape index (κ1) is 15.9. The van der Waals surface area contributed by atoms with Crippen LogP contribution in [0.2, 0.25) is 0 Å². The number of aliphatic carboxylic acids is 1. The van der Waals surface area contributed by atoms with E-state index in [-0.39, 0.29) is 0 Å². The third-order valence-corrected chi connectivity index (χ3v) is 4.90. The maximum atomic E-state index is 11.4. The molecule has 0 amide bonds. The molecule has 1 atom stereocenters. The Morgan fingerprint density at radius 2 is 1.90 bits per heavy atom. The van der Waals surface area contributed by atoms with Crippen molar-refractivity contribution in [1.82, 2.24) is 9.80 Å². The van der Waals surface area contributed by atoms with Crippen molar-refractivity contribution in [1.29, 1.82) is 0 Å². The molecule has 1 N–H and O–H groups in total. The van der Waals surface area contributed by atoms with Crippen molar-refractivity contribution in [3.05, 3.63) is 29.8 Å². The molecule has 21 heavy (non-hydrogen) atoms. The summed E-state index contributed by atoms with van der Waals surface area (Å²) in [5.74, 6) is -0.811. The first-order valence-electron chi connectivity index (χ1n) is 6.72. The summed E-state index contributed by atoms with van der Waals surface area (Å²) in [6.45, 7) is 2.60. The summed E-state index contributed by atoms with van der Waals surface area (Å²) in [4.78, 5) is 15.4. The number of carboxylic acid groups (broad SMARTS) is 1. The highest BCUT2D eigenvalue weighted by Crippen LogP contribution is 2.15. The van der Waals surface area contributed by atoms with Crippen LogP contribution in [0.5, 0.6) is 0 Å². The van der Waals surface area contributed by atoms with E-state index in [0.29, 0.717) is 24.5 Å². The average molecular weight is 312 g/mol. The molecule has 0 unspecified atom stereocenters. The van der Waals surface area contributed by atoms with Crippen LogP contribution in [0.1, 0.15) is 5.56 Å². The van der Waals surface area contributed by atoms with Gasteiger partial charge in [-0.25, -0.2) is 8.42 Å². The Morgan fingerprint density at radius 1 is 1.29 bits per heavy atom. The van der Waals surface area contributed by atoms with Gasteiger partial charge in [0.15, 0.2) is 9.84 Å². The fourth-order valence-electron chi connectivity index (χ4n) is 2.44. The molecule has 0 saturated carbocycles. The fourth-order valence-corrected chi connectivity index (χ4v) is 3.07. The monoisotopic (exact) mass is 312 g/mol. The number of piperazine rings is 1. The topological polar surface area (TPSA) is 77.9 Å². The predicted octanol–water partition coefficient (Wildman–Crippen LogP) is 0.291. The van der Waals surface area contributed by atoms with E-state index in [1.54, 1.807) is 24.3 Å². The van der Waals surface area contributed by atoms with Crippen molar-refractivity contribution in [2.24, 2.45) is 0 Å². The smallest absolute Gasteiger partial charge is 0.322 e. The van der Waals surface area contributed by atoms with E-state index in [1.165, 1.54) is 6.26 Å². The van der Waals surface area contributed by atoms with Gasteiger partial charge in [0.1, 0.15) is 6.04 Å². The molecule has 0 spiro atoms. The standard InChI is InChI=1S/C14H20N2O4S/c1-15-7-8-16(10-13(15)14(17)18)9-11-3-5-12(6-4-11)21(2,19)20/h3-6,13H,7-10H2,1-2H3,(H,17,18)/t13-/m1/s1. The van der Waals surface area contributed by atoms with Crippen LogP contribution in [-0.2, 0) is 21.2 Å². The van der Waals surface area contributed by atoms with Crippen LogP contribution in [0.15, 0.2) is 29.2 Å². The number of benzene rings is 1. The Hall–Kier alpha value is -1.44. The maximum absolute atomic E-state index is 11.4. The second-order valence-corrected chi connectivity index (χ2v) is 7.50. The van der Waals surface area contributed by atoms with Gasteiger partial charge in [-0.15, -0.1) is 0 Å². The van der Waals surface area contributed by atoms with Gasteiger partial charge >= 0.3 is 5.97 Å². The van der Waals surface area contributed by atoms with Gasteiger partial charge in [-0.2, -0.15) is 0 Å². The zero-order valence-electron chi connectivity index (χ0n) is 12.2. The van der Waals surface area contributed by atoms with E-state index in [4.69, 9.17) is 0 Å². The number of hydrogen-bond acceptors (Lipinski definition) is 5. The minimum absolute atomic E-state index is 0.299. The van der Waals surface area contributed by atoms with E-state index in [2.05, 4.69) is 4.90 Å². The van der Waals surface area contributed by atoms with Crippen LogP contribution in [-0.4, -0.2) is 68.3 Å². The molecule has 1 saturated heterocycles. The number of likely N-dealkylation sites (N-methyl/N-ethyl adjacent to an activating group) is 1. The summed E-state index contributed by atoms with van der Waals surface area (Å²) >= 11 is 0. The van der Waals surface area contributed by atoms with E-state index < -0.39 is 21.8 Å². The number of carbonyl (C=O) groups is 1. The summed E-state index contributed by atoms with van der Waals surface area (Å²) in [6, 6.07) is 6.26. The molecule has 1 aliphatic rings. The van der Waals surface area contributed by atoms with E-state index in [0.717, 1.165) is 12.1 Å². The summed E-state index contributed by atoms with van der Waals surface area (Å²) < 4.78 is 22.8. The van der Waals surface area contributed by atoms with Crippen LogP contribution >= 0.6 is 0 Å². The molecule has 0 aliphatic carbocycles. The van der Waals surface area contributed by atoms with E-state index >= 15 is 0 Å². The predicted molar refractivity (Wildman–Crippen MR) is 78.9 cm³/mol. The van der Waals surface area contributed by atoms with Gasteiger partial charge in [0.2, 0.25) is 0 Å². The molecule has 1 heterocycles. The van der Waals surface area contributed by atoms with Crippen molar-refractivity contribution in [2.45, 2.75) is 17.5 Å². The Balaban J connectivity index is 2.03. The molecular weight excluding hydrogens is 292 g/mol. The summed E-state index contributed by atoms with van der Waals surface area (Å²) in [5, 5.41) is 9.18. The SMILES string of the molecule is CN1CCN(Cc2ccc(S(C)(=O)=O)cc2)C[C@@H]1C(=O)O. The van der Waals surface area contributed by atoms with Crippen molar-refractivity contribution >= 4 is 15.8 Å². The second-order valence-electron chi connectivity index (χ2n) is 5.49. The average Bonchev–Trinajstić information content (AvgIpc) is 2.40. The Labute approximate surface area is 124 Å². The molecule has 0 aromatic heterocycles. The van der Waals surface area contributed by atoms with Crippen LogP contribution in [0.25, 0.3) is 0 Å². The number of carboxylic acids is 1. The molecule has 1 aromatic rings. The highest BCUT2D eigenvalue weighted by molar-refractivity contribution is 7.90. The van der Waals surface area contributed by atoms with Crippen LogP contribution in [0.4, 0.5) is 0 Å². The molecular formula is C14H20N2O4S. The fraction of sp³-hybridized carbons (Fsp3) is 0.500. The van der Waals surface area contributed by atoms with Crippen LogP contribution in [0, 0.1) is 0 Å². The summed E-state index contributed by atoms with van der Waals surface area (Å²) in [7, 11) is -1.36. The van der Waals surface area contributed by atoms with Gasteiger partial charge < -0.3 is 5.11 Å². The lowest BCUT2D eigenvalue weighted by Crippen LogP contribution is -2.54. The lowest BCUT2D eigenvalue weighted by Gasteiger charge is -2.37. The molecule has 0 radical (unpaired) electrons. The third-order valence-electron chi connectivity index (χ3n) is 3.77. The van der Waals surface area contributed by atoms with E-state index in [1.807, 2.05) is 11.9 Å². The molecule has 1 fully saturated rings. The molecule has 1 aromatic carbocycles. The molecule has 6 nitrogen and oxygen atoms in total. The third kappa shape index (κ3) is 4.03. The van der Waals surface area contributed by atoms with Gasteiger partial charge in [-0.1, -0.05) is 12.1 Å². The van der Waals surface area contributed by atoms with Crippen LogP contribution < -0.4 is 0 Å². The zero-order valence-corrected chi connectivity index (χ0v) is 13.0. The van der Waals surface area contributed by atoms with Crippen molar-refractivity contribution in [2.75, 3.05) is 32.9 Å². The molecule has 0 bridgehead atoms. The lowest BCUT2D eigenvalue weighted by molar-refractivity contribution is -0.145. The number of nitrogens with zero attached hydrogens (tertiary/aromatic N) is 2. The van der Waals surface area contributed by atoms with Gasteiger partial charge in [0.25, 0.3) is 0 Å². The van der Waals surface area contributed by atoms with Crippen molar-refractivity contribution < 1.29 is 18.3 Å². The zero-order chi connectivity index (χ0) is 15.6. The first-order chi connectivity index (χ1) is 9.77. The minimum Gasteiger partial charge on any atom is -0.480 e. The Morgan fingerprint density at radius 3 is 2.43 bits per heavy atom. The van der Waals surface area contributed by atoms with Gasteiger partial charge in [0.05, 0.1) is 4.90 Å². The van der Waals surface area contributed by atoms with Gasteiger partial charge in [0, 0.05) is 32.4 Å². The number of rotatable bonds is 4. The maximum Gasteiger partial charge on any atom is 0.322 e. The molecule has 116 valence electrons. The normalized spacial score (nSPS) is 21.3. The highest BCUT2D eigenvalue weighted by Gasteiger charge is 2.29. The number of sulfone groups is 1. The summed E-state index contributed by atoms with van der Waals surface area (Å²) in [6.07, 6.45) is 1.18. The first-order valence-corrected chi connectivity index (χ1v) is 8.61. The van der Waals surface area contributed by atoms with Crippen LogP contribution in [0.3, 0.4) is 0 Å². The molecule has 1 aliphatic heterocycles. The highest BCUT2D eigenvalue weighted by atomic mass is 32.2. The van der Waals surface area contributed by atoms with E-state index in [9.17, 15) is 18.3 Å². The number of hydrogen-bond donors (Lipinski definition) is 1. The van der Waals surface area contributed by atoms with Crippen molar-refractivity contribution in [3.63, 3.8) is 0 Å². The lowest BCUT2D eigenvalue weighted by atomic mass is 10.1. The second kappa shape index (κ2) is 6.13. The largest absolute Gasteiger partial charge is 0.480 e. The Bertz CT molecular complexity index is 612. The molecule has 7 heteroatoms. The van der Waals surface area contributed by atoms with Gasteiger partial charge in [-0.05, 0) is 24.7 Å². The summed E-state index contributed by atoms with van der Waals surface area (Å²) in [5.41, 5.74) is 0.982. The minimum atomic E-state index is -3.18.